The fourth-order valence-electron chi connectivity index (χ4n) is 2.55. The minimum absolute atomic E-state index is 0.0725. The van der Waals surface area contributed by atoms with Crippen LogP contribution >= 0.6 is 0 Å². The number of carbonyl (C=O) groups excluding carboxylic acids is 1. The number of hydrogen-bond acceptors (Lipinski definition) is 4. The zero-order valence-electron chi connectivity index (χ0n) is 15.1. The third-order valence-corrected chi connectivity index (χ3v) is 3.99. The molecule has 0 heterocycles. The standard InChI is InChI=1S/C19H22F2N2O3/c1-11(15-10-14(25-3)6-8-18(15)26-4)22-12(2)19(24)23-17-7-5-13(20)9-16(17)21/h5-12,22H,1-4H3,(H,23,24). The number of carbonyl (C=O) groups is 1. The molecule has 0 fully saturated rings. The first kappa shape index (κ1) is 19.7. The number of rotatable bonds is 7. The number of ether oxygens (including phenoxy) is 2. The average Bonchev–Trinajstić information content (AvgIpc) is 2.63. The highest BCUT2D eigenvalue weighted by Crippen LogP contribution is 2.29. The Labute approximate surface area is 151 Å². The van der Waals surface area contributed by atoms with Crippen molar-refractivity contribution in [2.24, 2.45) is 0 Å². The molecule has 0 saturated carbocycles. The van der Waals surface area contributed by atoms with Crippen molar-refractivity contribution in [2.45, 2.75) is 25.9 Å². The molecule has 0 aliphatic carbocycles. The molecule has 0 aromatic heterocycles. The minimum Gasteiger partial charge on any atom is -0.497 e. The minimum atomic E-state index is -0.826. The van der Waals surface area contributed by atoms with E-state index >= 15 is 0 Å². The Kier molecular flexibility index (Phi) is 6.52. The maximum Gasteiger partial charge on any atom is 0.241 e. The van der Waals surface area contributed by atoms with Crippen LogP contribution in [0.1, 0.15) is 25.5 Å². The summed E-state index contributed by atoms with van der Waals surface area (Å²) < 4.78 is 37.2. The molecule has 2 N–H and O–H groups in total. The van der Waals surface area contributed by atoms with Gasteiger partial charge in [0.05, 0.1) is 25.9 Å². The van der Waals surface area contributed by atoms with Crippen molar-refractivity contribution in [1.29, 1.82) is 0 Å². The fraction of sp³-hybridized carbons (Fsp3) is 0.316. The molecule has 0 saturated heterocycles. The van der Waals surface area contributed by atoms with E-state index < -0.39 is 23.6 Å². The number of benzene rings is 2. The zero-order chi connectivity index (χ0) is 19.3. The van der Waals surface area contributed by atoms with Gasteiger partial charge in [0.1, 0.15) is 23.1 Å². The SMILES string of the molecule is COc1ccc(OC)c(C(C)NC(C)C(=O)Nc2ccc(F)cc2F)c1. The fourth-order valence-corrected chi connectivity index (χ4v) is 2.55. The van der Waals surface area contributed by atoms with Gasteiger partial charge in [-0.2, -0.15) is 0 Å². The van der Waals surface area contributed by atoms with Crippen molar-refractivity contribution in [3.63, 3.8) is 0 Å². The molecule has 0 radical (unpaired) electrons. The molecule has 2 atom stereocenters. The van der Waals surface area contributed by atoms with Crippen LogP contribution in [0, 0.1) is 11.6 Å². The molecule has 26 heavy (non-hydrogen) atoms. The van der Waals surface area contributed by atoms with Gasteiger partial charge >= 0.3 is 0 Å². The first-order valence-corrected chi connectivity index (χ1v) is 8.09. The van der Waals surface area contributed by atoms with E-state index in [4.69, 9.17) is 9.47 Å². The molecular formula is C19H22F2N2O3. The van der Waals surface area contributed by atoms with Crippen LogP contribution in [0.25, 0.3) is 0 Å². The highest BCUT2D eigenvalue weighted by atomic mass is 19.1. The molecular weight excluding hydrogens is 342 g/mol. The van der Waals surface area contributed by atoms with Gasteiger partial charge < -0.3 is 14.8 Å². The molecule has 2 aromatic carbocycles. The van der Waals surface area contributed by atoms with Crippen molar-refractivity contribution in [3.8, 4) is 11.5 Å². The smallest absolute Gasteiger partial charge is 0.241 e. The number of methoxy groups -OCH3 is 2. The van der Waals surface area contributed by atoms with Gasteiger partial charge in [0, 0.05) is 17.7 Å². The summed E-state index contributed by atoms with van der Waals surface area (Å²) in [6, 6.07) is 7.50. The zero-order valence-corrected chi connectivity index (χ0v) is 15.1. The van der Waals surface area contributed by atoms with Gasteiger partial charge in [0.15, 0.2) is 0 Å². The Morgan fingerprint density at radius 3 is 2.38 bits per heavy atom. The van der Waals surface area contributed by atoms with E-state index in [0.717, 1.165) is 17.7 Å². The topological polar surface area (TPSA) is 59.6 Å². The maximum absolute atomic E-state index is 13.7. The molecule has 0 aliphatic heterocycles. The molecule has 2 rings (SSSR count). The Hall–Kier alpha value is -2.67. The Morgan fingerprint density at radius 1 is 1.04 bits per heavy atom. The van der Waals surface area contributed by atoms with Crippen molar-refractivity contribution in [3.05, 3.63) is 53.6 Å². The lowest BCUT2D eigenvalue weighted by Crippen LogP contribution is -2.39. The van der Waals surface area contributed by atoms with Crippen LogP contribution in [0.15, 0.2) is 36.4 Å². The normalized spacial score (nSPS) is 13.0. The number of halogens is 2. The van der Waals surface area contributed by atoms with Crippen LogP contribution in [0.5, 0.6) is 11.5 Å². The monoisotopic (exact) mass is 364 g/mol. The molecule has 5 nitrogen and oxygen atoms in total. The number of hydrogen-bond donors (Lipinski definition) is 2. The van der Waals surface area contributed by atoms with Gasteiger partial charge in [-0.05, 0) is 44.2 Å². The van der Waals surface area contributed by atoms with Crippen LogP contribution in [-0.4, -0.2) is 26.2 Å². The van der Waals surface area contributed by atoms with E-state index in [-0.39, 0.29) is 11.7 Å². The Balaban J connectivity index is 2.08. The molecule has 7 heteroatoms. The lowest BCUT2D eigenvalue weighted by Gasteiger charge is -2.22. The summed E-state index contributed by atoms with van der Waals surface area (Å²) in [5.74, 6) is -0.648. The second-order valence-electron chi connectivity index (χ2n) is 5.83. The van der Waals surface area contributed by atoms with E-state index in [1.165, 1.54) is 6.07 Å². The van der Waals surface area contributed by atoms with E-state index in [0.29, 0.717) is 11.5 Å². The molecule has 0 bridgehead atoms. The summed E-state index contributed by atoms with van der Waals surface area (Å²) in [5, 5.41) is 5.58. The largest absolute Gasteiger partial charge is 0.497 e. The number of nitrogens with one attached hydrogen (secondary N) is 2. The van der Waals surface area contributed by atoms with Gasteiger partial charge in [-0.1, -0.05) is 0 Å². The maximum atomic E-state index is 13.7. The second kappa shape index (κ2) is 8.62. The Bertz CT molecular complexity index is 783. The predicted molar refractivity (Wildman–Crippen MR) is 95.5 cm³/mol. The summed E-state index contributed by atoms with van der Waals surface area (Å²) in [4.78, 5) is 12.3. The summed E-state index contributed by atoms with van der Waals surface area (Å²) in [5.41, 5.74) is 0.746. The van der Waals surface area contributed by atoms with Gasteiger partial charge in [-0.25, -0.2) is 8.78 Å². The first-order valence-electron chi connectivity index (χ1n) is 8.09. The van der Waals surface area contributed by atoms with Gasteiger partial charge in [-0.15, -0.1) is 0 Å². The highest BCUT2D eigenvalue weighted by Gasteiger charge is 2.20. The summed E-state index contributed by atoms with van der Waals surface area (Å²) in [6.45, 7) is 3.53. The summed E-state index contributed by atoms with van der Waals surface area (Å²) >= 11 is 0. The van der Waals surface area contributed by atoms with Crippen molar-refractivity contribution in [2.75, 3.05) is 19.5 Å². The number of anilines is 1. The first-order chi connectivity index (χ1) is 12.3. The molecule has 0 spiro atoms. The molecule has 140 valence electrons. The van der Waals surface area contributed by atoms with Crippen LogP contribution in [-0.2, 0) is 4.79 Å². The number of amides is 1. The lowest BCUT2D eigenvalue weighted by molar-refractivity contribution is -0.118. The second-order valence-corrected chi connectivity index (χ2v) is 5.83. The van der Waals surface area contributed by atoms with Crippen molar-refractivity contribution in [1.82, 2.24) is 5.32 Å². The van der Waals surface area contributed by atoms with E-state index in [2.05, 4.69) is 10.6 Å². The predicted octanol–water partition coefficient (Wildman–Crippen LogP) is 3.66. The molecule has 2 aromatic rings. The van der Waals surface area contributed by atoms with Gasteiger partial charge in [0.2, 0.25) is 5.91 Å². The average molecular weight is 364 g/mol. The molecule has 0 aliphatic rings. The quantitative estimate of drug-likeness (QED) is 0.787. The summed E-state index contributed by atoms with van der Waals surface area (Å²) in [6.07, 6.45) is 0. The van der Waals surface area contributed by atoms with Crippen LogP contribution in [0.4, 0.5) is 14.5 Å². The van der Waals surface area contributed by atoms with E-state index in [9.17, 15) is 13.6 Å². The van der Waals surface area contributed by atoms with E-state index in [1.807, 2.05) is 13.0 Å². The Morgan fingerprint density at radius 2 is 1.77 bits per heavy atom. The van der Waals surface area contributed by atoms with Gasteiger partial charge in [0.25, 0.3) is 0 Å². The van der Waals surface area contributed by atoms with E-state index in [1.54, 1.807) is 33.3 Å². The third-order valence-electron chi connectivity index (χ3n) is 3.99. The van der Waals surface area contributed by atoms with Crippen LogP contribution in [0.2, 0.25) is 0 Å². The highest BCUT2D eigenvalue weighted by molar-refractivity contribution is 5.94. The molecule has 2 unspecified atom stereocenters. The van der Waals surface area contributed by atoms with Crippen molar-refractivity contribution >= 4 is 11.6 Å². The molecule has 1 amide bonds. The van der Waals surface area contributed by atoms with Crippen molar-refractivity contribution < 1.29 is 23.0 Å². The lowest BCUT2D eigenvalue weighted by atomic mass is 10.1. The van der Waals surface area contributed by atoms with Crippen LogP contribution < -0.4 is 20.1 Å². The van der Waals surface area contributed by atoms with Gasteiger partial charge in [-0.3, -0.25) is 10.1 Å². The third kappa shape index (κ3) is 4.70. The summed E-state index contributed by atoms with van der Waals surface area (Å²) in [7, 11) is 3.13. The van der Waals surface area contributed by atoms with Crippen LogP contribution in [0.3, 0.4) is 0 Å².